The third-order valence-corrected chi connectivity index (χ3v) is 11.8. The summed E-state index contributed by atoms with van der Waals surface area (Å²) in [5, 5.41) is 0. The van der Waals surface area contributed by atoms with Crippen molar-refractivity contribution < 1.29 is 65.9 Å². The maximum Gasteiger partial charge on any atom is 0.343 e. The van der Waals surface area contributed by atoms with E-state index in [-0.39, 0.29) is 49.8 Å². The van der Waals surface area contributed by atoms with E-state index in [9.17, 15) is 28.0 Å². The maximum absolute atomic E-state index is 14.7. The minimum absolute atomic E-state index is 0.0282. The number of ether oxygens (including phenoxy) is 8. The van der Waals surface area contributed by atoms with Crippen LogP contribution in [0.5, 0.6) is 11.5 Å². The van der Waals surface area contributed by atoms with E-state index in [1.165, 1.54) is 56.2 Å². The molecule has 5 rings (SSSR count). The fraction of sp³-hybridized carbons (Fsp3) is 0.491. The Balaban J connectivity index is 0.000000306. The highest BCUT2D eigenvalue weighted by atomic mass is 19.2. The van der Waals surface area contributed by atoms with Crippen LogP contribution in [0.2, 0.25) is 0 Å². The zero-order chi connectivity index (χ0) is 49.6. The molecule has 1 saturated carbocycles. The van der Waals surface area contributed by atoms with Gasteiger partial charge in [-0.3, -0.25) is 0 Å². The van der Waals surface area contributed by atoms with E-state index in [1.54, 1.807) is 12.1 Å². The lowest BCUT2D eigenvalue weighted by atomic mass is 9.77. The van der Waals surface area contributed by atoms with Gasteiger partial charge in [-0.1, -0.05) is 70.2 Å². The summed E-state index contributed by atoms with van der Waals surface area (Å²) >= 11 is 0. The molecule has 3 aromatic rings. The number of benzene rings is 3. The number of hydrogen-bond acceptors (Lipinski definition) is 12. The molecule has 69 heavy (non-hydrogen) atoms. The van der Waals surface area contributed by atoms with Crippen molar-refractivity contribution in [2.24, 2.45) is 5.92 Å². The van der Waals surface area contributed by atoms with E-state index in [2.05, 4.69) is 38.8 Å². The molecule has 12 nitrogen and oxygen atoms in total. The molecular formula is C55H70F2O12. The van der Waals surface area contributed by atoms with Crippen LogP contribution < -0.4 is 9.47 Å². The first kappa shape index (κ1) is 55.9. The Bertz CT molecular complexity index is 2040. The summed E-state index contributed by atoms with van der Waals surface area (Å²) in [6.07, 6.45) is 16.9. The first-order chi connectivity index (χ1) is 33.5. The average molecular weight is 961 g/mol. The first-order valence-corrected chi connectivity index (χ1v) is 24.3. The third-order valence-electron chi connectivity index (χ3n) is 11.8. The predicted octanol–water partition coefficient (Wildman–Crippen LogP) is 11.6. The van der Waals surface area contributed by atoms with Crippen molar-refractivity contribution in [1.29, 1.82) is 0 Å². The fourth-order valence-electron chi connectivity index (χ4n) is 7.92. The lowest BCUT2D eigenvalue weighted by Crippen LogP contribution is -2.34. The van der Waals surface area contributed by atoms with E-state index in [0.717, 1.165) is 68.2 Å². The largest absolute Gasteiger partial charge is 0.490 e. The van der Waals surface area contributed by atoms with Crippen LogP contribution in [0, 0.1) is 17.6 Å². The predicted molar refractivity (Wildman–Crippen MR) is 258 cm³/mol. The van der Waals surface area contributed by atoms with E-state index < -0.39 is 35.8 Å². The molecule has 2 fully saturated rings. The van der Waals surface area contributed by atoms with Crippen molar-refractivity contribution >= 4 is 23.9 Å². The molecule has 0 bridgehead atoms. The molecule has 14 heteroatoms. The van der Waals surface area contributed by atoms with Crippen LogP contribution in [0.4, 0.5) is 8.78 Å². The average Bonchev–Trinajstić information content (AvgIpc) is 3.37. The Morgan fingerprint density at radius 1 is 0.638 bits per heavy atom. The molecule has 1 heterocycles. The Hall–Kier alpha value is -5.70. The Morgan fingerprint density at radius 2 is 1.19 bits per heavy atom. The normalized spacial score (nSPS) is 17.6. The summed E-state index contributed by atoms with van der Waals surface area (Å²) < 4.78 is 71.8. The van der Waals surface area contributed by atoms with Gasteiger partial charge >= 0.3 is 23.9 Å². The van der Waals surface area contributed by atoms with E-state index >= 15 is 0 Å². The van der Waals surface area contributed by atoms with Gasteiger partial charge in [0.1, 0.15) is 11.9 Å². The van der Waals surface area contributed by atoms with Gasteiger partial charge in [0.2, 0.25) is 5.82 Å². The summed E-state index contributed by atoms with van der Waals surface area (Å²) in [6, 6.07) is 17.9. The Labute approximate surface area is 406 Å². The molecule has 2 aliphatic rings. The summed E-state index contributed by atoms with van der Waals surface area (Å²) in [7, 11) is 0. The number of unbranched alkanes of at least 4 members (excludes halogenated alkanes) is 6. The van der Waals surface area contributed by atoms with E-state index in [0.29, 0.717) is 56.3 Å². The Morgan fingerprint density at radius 3 is 1.75 bits per heavy atom. The minimum Gasteiger partial charge on any atom is -0.490 e. The first-order valence-electron chi connectivity index (χ1n) is 24.3. The highest BCUT2D eigenvalue weighted by molar-refractivity contribution is 5.91. The summed E-state index contributed by atoms with van der Waals surface area (Å²) in [5.41, 5.74) is 2.85. The molecule has 0 spiro atoms. The van der Waals surface area contributed by atoms with Crippen LogP contribution in [0.3, 0.4) is 0 Å². The van der Waals surface area contributed by atoms with Crippen LogP contribution in [0.25, 0.3) is 0 Å². The molecule has 1 saturated heterocycles. The molecule has 1 aliphatic carbocycles. The number of rotatable bonds is 28. The SMILES string of the molecule is C=CC(=O)OCCCCCCOc1ccc(C2OCC(OCCCCCCOC(=O)C=C)CO2)c(F)c1F.C=CC(=O)OCCc1ccc(OC(=O)c2ccc(C3CCC(CCC)CC3)cc2)cc1. The lowest BCUT2D eigenvalue weighted by molar-refractivity contribution is -0.231. The van der Waals surface area contributed by atoms with Gasteiger partial charge in [0.25, 0.3) is 0 Å². The number of esters is 4. The number of hydrogen-bond donors (Lipinski definition) is 0. The van der Waals surface area contributed by atoms with Crippen LogP contribution in [0.1, 0.15) is 136 Å². The van der Waals surface area contributed by atoms with Crippen molar-refractivity contribution in [1.82, 2.24) is 0 Å². The van der Waals surface area contributed by atoms with Crippen LogP contribution in [-0.4, -0.2) is 76.2 Å². The molecule has 0 atom stereocenters. The van der Waals surface area contributed by atoms with Crippen molar-refractivity contribution in [3.63, 3.8) is 0 Å². The van der Waals surface area contributed by atoms with Crippen LogP contribution in [0.15, 0.2) is 98.6 Å². The molecule has 0 N–H and O–H groups in total. The van der Waals surface area contributed by atoms with Gasteiger partial charge in [-0.15, -0.1) is 0 Å². The standard InChI is InChI=1S/C28H38F2O8.C27H32O4/c1-3-24(31)35-17-11-7-5-9-15-33-21-19-37-28(38-20-21)22-13-14-23(27(30)26(22)29)34-16-10-6-8-12-18-36-25(32)4-2;1-3-5-20-6-10-22(11-7-20)23-12-14-24(15-13-23)27(29)31-25-16-8-21(9-17-25)18-19-30-26(28)4-2/h3-4,13-14,21,28H,1-2,5-12,15-20H2;4,8-9,12-17,20,22H,2-3,5-7,10-11,18-19H2,1H3. The number of carbonyl (C=O) groups excluding carboxylic acids is 4. The highest BCUT2D eigenvalue weighted by Crippen LogP contribution is 2.37. The molecule has 376 valence electrons. The van der Waals surface area contributed by atoms with Gasteiger partial charge in [-0.25, -0.2) is 23.6 Å². The van der Waals surface area contributed by atoms with Crippen LogP contribution >= 0.6 is 0 Å². The van der Waals surface area contributed by atoms with Gasteiger partial charge in [0, 0.05) is 36.8 Å². The zero-order valence-corrected chi connectivity index (χ0v) is 40.1. The molecular weight excluding hydrogens is 891 g/mol. The maximum atomic E-state index is 14.7. The van der Waals surface area contributed by atoms with Crippen molar-refractivity contribution in [3.05, 3.63) is 133 Å². The highest BCUT2D eigenvalue weighted by Gasteiger charge is 2.29. The summed E-state index contributed by atoms with van der Waals surface area (Å²) in [6.45, 7) is 14.4. The van der Waals surface area contributed by atoms with Gasteiger partial charge in [-0.05, 0) is 130 Å². The summed E-state index contributed by atoms with van der Waals surface area (Å²) in [4.78, 5) is 45.4. The van der Waals surface area contributed by atoms with E-state index in [4.69, 9.17) is 37.9 Å². The number of carbonyl (C=O) groups is 4. The van der Waals surface area contributed by atoms with Gasteiger partial charge in [0.15, 0.2) is 17.9 Å². The fourth-order valence-corrected chi connectivity index (χ4v) is 7.92. The van der Waals surface area contributed by atoms with E-state index in [1.807, 2.05) is 24.3 Å². The summed E-state index contributed by atoms with van der Waals surface area (Å²) in [5.74, 6) is -1.96. The van der Waals surface area contributed by atoms with Gasteiger partial charge in [-0.2, -0.15) is 4.39 Å². The van der Waals surface area contributed by atoms with Gasteiger partial charge < -0.3 is 37.9 Å². The minimum atomic E-state index is -1.08. The monoisotopic (exact) mass is 960 g/mol. The molecule has 0 unspecified atom stereocenters. The van der Waals surface area contributed by atoms with Crippen molar-refractivity contribution in [2.75, 3.05) is 46.2 Å². The third kappa shape index (κ3) is 20.8. The molecule has 1 aliphatic heterocycles. The molecule has 0 aromatic heterocycles. The topological polar surface area (TPSA) is 142 Å². The smallest absolute Gasteiger partial charge is 0.343 e. The van der Waals surface area contributed by atoms with Crippen molar-refractivity contribution in [3.8, 4) is 11.5 Å². The molecule has 0 amide bonds. The van der Waals surface area contributed by atoms with Gasteiger partial charge in [0.05, 0.1) is 45.2 Å². The zero-order valence-electron chi connectivity index (χ0n) is 40.1. The quantitative estimate of drug-likeness (QED) is 0.0225. The van der Waals surface area contributed by atoms with Crippen LogP contribution in [-0.2, 0) is 49.2 Å². The molecule has 3 aromatic carbocycles. The number of halogens is 2. The molecule has 0 radical (unpaired) electrons. The second-order valence-corrected chi connectivity index (χ2v) is 17.0. The second kappa shape index (κ2) is 32.2. The lowest BCUT2D eigenvalue weighted by Gasteiger charge is -2.30. The second-order valence-electron chi connectivity index (χ2n) is 17.0. The van der Waals surface area contributed by atoms with Crippen molar-refractivity contribution in [2.45, 2.75) is 122 Å². The Kier molecular flexibility index (Phi) is 26.1.